The fourth-order valence-corrected chi connectivity index (χ4v) is 3.46. The van der Waals surface area contributed by atoms with Gasteiger partial charge in [0.2, 0.25) is 0 Å². The Balaban J connectivity index is 1.92. The van der Waals surface area contributed by atoms with Gasteiger partial charge >= 0.3 is 0 Å². The van der Waals surface area contributed by atoms with Crippen molar-refractivity contribution >= 4 is 0 Å². The Kier molecular flexibility index (Phi) is 2.72. The minimum atomic E-state index is -0.603. The lowest BCUT2D eigenvalue weighted by molar-refractivity contribution is -0.0138. The molecule has 2 heteroatoms. The van der Waals surface area contributed by atoms with Gasteiger partial charge in [-0.3, -0.25) is 4.90 Å². The van der Waals surface area contributed by atoms with Gasteiger partial charge in [-0.05, 0) is 38.3 Å². The van der Waals surface area contributed by atoms with E-state index in [0.29, 0.717) is 6.04 Å². The highest BCUT2D eigenvalue weighted by Crippen LogP contribution is 2.41. The maximum absolute atomic E-state index is 11.0. The molecule has 0 aromatic heterocycles. The molecular weight excluding hydrogens is 210 g/mol. The minimum absolute atomic E-state index is 0.346. The molecule has 0 aliphatic carbocycles. The zero-order valence-corrected chi connectivity index (χ0v) is 10.5. The van der Waals surface area contributed by atoms with E-state index in [1.54, 1.807) is 0 Å². The number of benzene rings is 1. The highest BCUT2D eigenvalue weighted by Gasteiger charge is 2.47. The third-order valence-electron chi connectivity index (χ3n) is 4.50. The van der Waals surface area contributed by atoms with Crippen LogP contribution in [-0.4, -0.2) is 29.1 Å². The summed E-state index contributed by atoms with van der Waals surface area (Å²) in [6, 6.07) is 8.78. The van der Waals surface area contributed by atoms with Crippen molar-refractivity contribution in [3.05, 3.63) is 35.4 Å². The molecule has 2 atom stereocenters. The fourth-order valence-electron chi connectivity index (χ4n) is 3.46. The van der Waals surface area contributed by atoms with Crippen molar-refractivity contribution in [2.45, 2.75) is 44.2 Å². The Hall–Kier alpha value is -0.860. The molecule has 2 fully saturated rings. The first kappa shape index (κ1) is 11.2. The molecule has 1 aromatic rings. The summed E-state index contributed by atoms with van der Waals surface area (Å²) in [6.45, 7) is 4.31. The lowest BCUT2D eigenvalue weighted by Crippen LogP contribution is -2.45. The predicted octanol–water partition coefficient (Wildman–Crippen LogP) is 2.44. The van der Waals surface area contributed by atoms with E-state index in [1.165, 1.54) is 24.9 Å². The van der Waals surface area contributed by atoms with Crippen LogP contribution in [0.2, 0.25) is 0 Å². The second kappa shape index (κ2) is 4.11. The molecular formula is C15H21NO. The Labute approximate surface area is 103 Å². The third kappa shape index (κ3) is 1.80. The smallest absolute Gasteiger partial charge is 0.106 e. The van der Waals surface area contributed by atoms with Crippen LogP contribution in [0.3, 0.4) is 0 Å². The van der Waals surface area contributed by atoms with Crippen LogP contribution in [0.25, 0.3) is 0 Å². The largest absolute Gasteiger partial charge is 0.383 e. The summed E-state index contributed by atoms with van der Waals surface area (Å²) in [5.74, 6) is 0. The van der Waals surface area contributed by atoms with Crippen LogP contribution in [0.1, 0.15) is 36.8 Å². The molecule has 2 aliphatic heterocycles. The summed E-state index contributed by atoms with van der Waals surface area (Å²) in [5, 5.41) is 11.0. The zero-order valence-electron chi connectivity index (χ0n) is 10.5. The third-order valence-corrected chi connectivity index (χ3v) is 4.50. The molecule has 0 bridgehead atoms. The summed E-state index contributed by atoms with van der Waals surface area (Å²) in [7, 11) is 0. The van der Waals surface area contributed by atoms with Gasteiger partial charge in [-0.2, -0.15) is 0 Å². The topological polar surface area (TPSA) is 23.5 Å². The second-order valence-electron chi connectivity index (χ2n) is 5.59. The van der Waals surface area contributed by atoms with Crippen LogP contribution >= 0.6 is 0 Å². The molecule has 2 saturated heterocycles. The van der Waals surface area contributed by atoms with E-state index in [2.05, 4.69) is 36.1 Å². The van der Waals surface area contributed by atoms with E-state index in [-0.39, 0.29) is 0 Å². The van der Waals surface area contributed by atoms with Gasteiger partial charge in [0.15, 0.2) is 0 Å². The van der Waals surface area contributed by atoms with Crippen LogP contribution in [0.15, 0.2) is 24.3 Å². The number of hydrogen-bond donors (Lipinski definition) is 1. The highest BCUT2D eigenvalue weighted by atomic mass is 16.3. The lowest BCUT2D eigenvalue weighted by atomic mass is 9.83. The average molecular weight is 231 g/mol. The Morgan fingerprint density at radius 1 is 1.18 bits per heavy atom. The van der Waals surface area contributed by atoms with Crippen LogP contribution in [0, 0.1) is 6.92 Å². The van der Waals surface area contributed by atoms with Crippen molar-refractivity contribution < 1.29 is 5.11 Å². The maximum Gasteiger partial charge on any atom is 0.106 e. The molecule has 0 amide bonds. The summed E-state index contributed by atoms with van der Waals surface area (Å²) < 4.78 is 0. The molecule has 1 aromatic carbocycles. The van der Waals surface area contributed by atoms with Crippen molar-refractivity contribution in [2.75, 3.05) is 13.1 Å². The van der Waals surface area contributed by atoms with Crippen molar-refractivity contribution in [3.63, 3.8) is 0 Å². The SMILES string of the molecule is Cc1ccc([C@]2(O)CCN3CCCC[C@@H]32)cc1. The Morgan fingerprint density at radius 3 is 2.71 bits per heavy atom. The molecule has 17 heavy (non-hydrogen) atoms. The number of hydrogen-bond acceptors (Lipinski definition) is 2. The number of aliphatic hydroxyl groups is 1. The van der Waals surface area contributed by atoms with Crippen molar-refractivity contribution in [2.24, 2.45) is 0 Å². The van der Waals surface area contributed by atoms with Crippen molar-refractivity contribution in [3.8, 4) is 0 Å². The lowest BCUT2D eigenvalue weighted by Gasteiger charge is -2.37. The molecule has 0 saturated carbocycles. The van der Waals surface area contributed by atoms with E-state index in [1.807, 2.05) is 0 Å². The van der Waals surface area contributed by atoms with Gasteiger partial charge in [0.05, 0.1) is 0 Å². The monoisotopic (exact) mass is 231 g/mol. The second-order valence-corrected chi connectivity index (χ2v) is 5.59. The van der Waals surface area contributed by atoms with Crippen LogP contribution < -0.4 is 0 Å². The minimum Gasteiger partial charge on any atom is -0.383 e. The number of rotatable bonds is 1. The molecule has 92 valence electrons. The van der Waals surface area contributed by atoms with Gasteiger partial charge in [0.1, 0.15) is 5.60 Å². The first-order valence-electron chi connectivity index (χ1n) is 6.74. The van der Waals surface area contributed by atoms with E-state index >= 15 is 0 Å². The van der Waals surface area contributed by atoms with E-state index in [0.717, 1.165) is 24.9 Å². The standard InChI is InChI=1S/C15H21NO/c1-12-5-7-13(8-6-12)15(17)9-11-16-10-3-2-4-14(15)16/h5-8,14,17H,2-4,9-11H2,1H3/t14-,15-/m1/s1. The molecule has 1 N–H and O–H groups in total. The average Bonchev–Trinajstić information content (AvgIpc) is 2.70. The van der Waals surface area contributed by atoms with Gasteiger partial charge < -0.3 is 5.11 Å². The molecule has 2 nitrogen and oxygen atoms in total. The zero-order chi connectivity index (χ0) is 11.9. The van der Waals surface area contributed by atoms with Crippen LogP contribution in [0.5, 0.6) is 0 Å². The Morgan fingerprint density at radius 2 is 1.94 bits per heavy atom. The summed E-state index contributed by atoms with van der Waals surface area (Å²) in [5.41, 5.74) is 1.77. The molecule has 2 heterocycles. The molecule has 0 unspecified atom stereocenters. The first-order chi connectivity index (χ1) is 8.20. The molecule has 0 radical (unpaired) electrons. The number of aryl methyl sites for hydroxylation is 1. The molecule has 0 spiro atoms. The Bertz CT molecular complexity index is 400. The quantitative estimate of drug-likeness (QED) is 0.802. The summed E-state index contributed by atoms with van der Waals surface area (Å²) in [6.07, 6.45) is 4.58. The van der Waals surface area contributed by atoms with Gasteiger partial charge in [-0.25, -0.2) is 0 Å². The molecule has 3 rings (SSSR count). The predicted molar refractivity (Wildman–Crippen MR) is 68.9 cm³/mol. The van der Waals surface area contributed by atoms with Crippen molar-refractivity contribution in [1.82, 2.24) is 4.90 Å². The van der Waals surface area contributed by atoms with E-state index in [4.69, 9.17) is 0 Å². The first-order valence-corrected chi connectivity index (χ1v) is 6.74. The van der Waals surface area contributed by atoms with Gasteiger partial charge in [0, 0.05) is 12.6 Å². The van der Waals surface area contributed by atoms with Crippen LogP contribution in [0.4, 0.5) is 0 Å². The fraction of sp³-hybridized carbons (Fsp3) is 0.600. The van der Waals surface area contributed by atoms with E-state index in [9.17, 15) is 5.11 Å². The summed E-state index contributed by atoms with van der Waals surface area (Å²) >= 11 is 0. The maximum atomic E-state index is 11.0. The van der Waals surface area contributed by atoms with Crippen LogP contribution in [-0.2, 0) is 5.60 Å². The van der Waals surface area contributed by atoms with Gasteiger partial charge in [-0.15, -0.1) is 0 Å². The highest BCUT2D eigenvalue weighted by molar-refractivity contribution is 5.29. The number of fused-ring (bicyclic) bond motifs is 1. The normalized spacial score (nSPS) is 33.6. The van der Waals surface area contributed by atoms with Gasteiger partial charge in [0.25, 0.3) is 0 Å². The van der Waals surface area contributed by atoms with Crippen molar-refractivity contribution in [1.29, 1.82) is 0 Å². The van der Waals surface area contributed by atoms with Gasteiger partial charge in [-0.1, -0.05) is 36.2 Å². The van der Waals surface area contributed by atoms with E-state index < -0.39 is 5.60 Å². The molecule has 2 aliphatic rings. The number of piperidine rings is 1. The summed E-state index contributed by atoms with van der Waals surface area (Å²) in [4.78, 5) is 2.48. The number of nitrogens with zero attached hydrogens (tertiary/aromatic N) is 1.